The van der Waals surface area contributed by atoms with E-state index in [1.165, 1.54) is 12.1 Å². The highest BCUT2D eigenvalue weighted by Gasteiger charge is 2.30. The van der Waals surface area contributed by atoms with Gasteiger partial charge in [-0.3, -0.25) is 0 Å². The third-order valence-electron chi connectivity index (χ3n) is 3.57. The quantitative estimate of drug-likeness (QED) is 0.660. The molecule has 0 aliphatic rings. The molecule has 0 fully saturated rings. The fraction of sp³-hybridized carbons (Fsp3) is 0.125. The van der Waals surface area contributed by atoms with Crippen LogP contribution in [0.1, 0.15) is 5.56 Å². The zero-order valence-electron chi connectivity index (χ0n) is 11.3. The van der Waals surface area contributed by atoms with Gasteiger partial charge in [0.25, 0.3) is 0 Å². The van der Waals surface area contributed by atoms with Crippen molar-refractivity contribution >= 4 is 16.6 Å². The van der Waals surface area contributed by atoms with Gasteiger partial charge in [0.2, 0.25) is 0 Å². The first-order valence-corrected chi connectivity index (χ1v) is 6.39. The third kappa shape index (κ3) is 2.35. The van der Waals surface area contributed by atoms with E-state index in [0.717, 1.165) is 34.3 Å². The first-order valence-electron chi connectivity index (χ1n) is 6.39. The summed E-state index contributed by atoms with van der Waals surface area (Å²) in [4.78, 5) is 0. The monoisotopic (exact) mass is 290 g/mol. The molecule has 0 aliphatic carbocycles. The summed E-state index contributed by atoms with van der Waals surface area (Å²) in [7, 11) is 1.88. The predicted molar refractivity (Wildman–Crippen MR) is 77.8 cm³/mol. The van der Waals surface area contributed by atoms with Crippen molar-refractivity contribution in [1.82, 2.24) is 4.57 Å². The number of rotatable bonds is 1. The molecule has 0 unspecified atom stereocenters. The van der Waals surface area contributed by atoms with Crippen molar-refractivity contribution in [2.75, 3.05) is 5.73 Å². The van der Waals surface area contributed by atoms with Crippen LogP contribution in [-0.4, -0.2) is 4.57 Å². The summed E-state index contributed by atoms with van der Waals surface area (Å²) in [5.41, 5.74) is 8.34. The van der Waals surface area contributed by atoms with Gasteiger partial charge in [-0.2, -0.15) is 13.2 Å². The van der Waals surface area contributed by atoms with Gasteiger partial charge in [0, 0.05) is 29.3 Å². The Hall–Kier alpha value is -2.43. The number of nitrogens with zero attached hydrogens (tertiary/aromatic N) is 1. The summed E-state index contributed by atoms with van der Waals surface area (Å²) in [5, 5.41) is 0.965. The summed E-state index contributed by atoms with van der Waals surface area (Å²) >= 11 is 0. The van der Waals surface area contributed by atoms with Crippen LogP contribution in [0.5, 0.6) is 0 Å². The fourth-order valence-electron chi connectivity index (χ4n) is 2.47. The van der Waals surface area contributed by atoms with Crippen LogP contribution >= 0.6 is 0 Å². The van der Waals surface area contributed by atoms with Gasteiger partial charge < -0.3 is 10.3 Å². The second-order valence-corrected chi connectivity index (χ2v) is 4.98. The Kier molecular flexibility index (Phi) is 2.93. The van der Waals surface area contributed by atoms with Crippen molar-refractivity contribution in [2.45, 2.75) is 6.18 Å². The number of aryl methyl sites for hydroxylation is 1. The van der Waals surface area contributed by atoms with Crippen LogP contribution < -0.4 is 5.73 Å². The van der Waals surface area contributed by atoms with E-state index in [1.54, 1.807) is 6.07 Å². The maximum atomic E-state index is 12.6. The van der Waals surface area contributed by atoms with E-state index in [-0.39, 0.29) is 0 Å². The zero-order valence-corrected chi connectivity index (χ0v) is 11.3. The first-order chi connectivity index (χ1) is 9.86. The Morgan fingerprint density at radius 2 is 1.62 bits per heavy atom. The van der Waals surface area contributed by atoms with E-state index < -0.39 is 11.7 Å². The maximum Gasteiger partial charge on any atom is 0.416 e. The van der Waals surface area contributed by atoms with Gasteiger partial charge in [0.1, 0.15) is 0 Å². The van der Waals surface area contributed by atoms with Gasteiger partial charge in [-0.05, 0) is 42.0 Å². The average molecular weight is 290 g/mol. The van der Waals surface area contributed by atoms with Crippen LogP contribution in [-0.2, 0) is 13.2 Å². The molecule has 21 heavy (non-hydrogen) atoms. The van der Waals surface area contributed by atoms with Gasteiger partial charge in [0.15, 0.2) is 0 Å². The molecule has 2 nitrogen and oxygen atoms in total. The normalized spacial score (nSPS) is 12.0. The van der Waals surface area contributed by atoms with Gasteiger partial charge >= 0.3 is 6.18 Å². The summed E-state index contributed by atoms with van der Waals surface area (Å²) in [5.74, 6) is 0. The molecule has 0 saturated heterocycles. The van der Waals surface area contributed by atoms with E-state index >= 15 is 0 Å². The number of anilines is 1. The molecule has 0 amide bonds. The molecule has 0 atom stereocenters. The molecule has 1 heterocycles. The van der Waals surface area contributed by atoms with Crippen molar-refractivity contribution in [3.63, 3.8) is 0 Å². The van der Waals surface area contributed by atoms with Crippen LogP contribution in [0.25, 0.3) is 22.2 Å². The van der Waals surface area contributed by atoms with Crippen molar-refractivity contribution < 1.29 is 13.2 Å². The van der Waals surface area contributed by atoms with Crippen LogP contribution in [0.3, 0.4) is 0 Å². The van der Waals surface area contributed by atoms with E-state index in [4.69, 9.17) is 5.73 Å². The van der Waals surface area contributed by atoms with E-state index in [2.05, 4.69) is 0 Å². The molecule has 2 N–H and O–H groups in total. The van der Waals surface area contributed by atoms with Gasteiger partial charge in [-0.1, -0.05) is 12.1 Å². The molecule has 0 bridgehead atoms. The Bertz CT molecular complexity index is 799. The molecule has 3 rings (SSSR count). The highest BCUT2D eigenvalue weighted by molar-refractivity contribution is 5.89. The molecule has 1 aromatic heterocycles. The number of fused-ring (bicyclic) bond motifs is 1. The third-order valence-corrected chi connectivity index (χ3v) is 3.57. The summed E-state index contributed by atoms with van der Waals surface area (Å²) in [6.07, 6.45) is -4.31. The average Bonchev–Trinajstić information content (AvgIpc) is 2.74. The lowest BCUT2D eigenvalue weighted by molar-refractivity contribution is -0.137. The number of alkyl halides is 3. The predicted octanol–water partition coefficient (Wildman–Crippen LogP) is 4.45. The standard InChI is InChI=1S/C16H13F3N2/c1-21-14-7-6-13(20)8-11(14)9-15(21)10-2-4-12(5-3-10)16(17,18)19/h2-9H,20H2,1H3. The number of hydrogen-bond acceptors (Lipinski definition) is 1. The smallest absolute Gasteiger partial charge is 0.399 e. The Balaban J connectivity index is 2.10. The summed E-state index contributed by atoms with van der Waals surface area (Å²) in [6, 6.07) is 12.7. The molecular weight excluding hydrogens is 277 g/mol. The number of nitrogens with two attached hydrogens (primary N) is 1. The Labute approximate surface area is 119 Å². The highest BCUT2D eigenvalue weighted by atomic mass is 19.4. The molecule has 0 radical (unpaired) electrons. The number of benzene rings is 2. The van der Waals surface area contributed by atoms with Crippen molar-refractivity contribution in [1.29, 1.82) is 0 Å². The second-order valence-electron chi connectivity index (χ2n) is 4.98. The molecule has 3 aromatic rings. The molecule has 0 aliphatic heterocycles. The lowest BCUT2D eigenvalue weighted by Gasteiger charge is -2.08. The molecule has 5 heteroatoms. The molecule has 108 valence electrons. The van der Waals surface area contributed by atoms with E-state index in [0.29, 0.717) is 5.69 Å². The topological polar surface area (TPSA) is 30.9 Å². The minimum Gasteiger partial charge on any atom is -0.399 e. The van der Waals surface area contributed by atoms with Crippen LogP contribution in [0.2, 0.25) is 0 Å². The first kappa shape index (κ1) is 13.5. The molecule has 2 aromatic carbocycles. The minimum atomic E-state index is -4.31. The van der Waals surface area contributed by atoms with E-state index in [1.807, 2.05) is 29.8 Å². The van der Waals surface area contributed by atoms with Crippen LogP contribution in [0.4, 0.5) is 18.9 Å². The fourth-order valence-corrected chi connectivity index (χ4v) is 2.47. The van der Waals surface area contributed by atoms with E-state index in [9.17, 15) is 13.2 Å². The summed E-state index contributed by atoms with van der Waals surface area (Å²) < 4.78 is 39.7. The number of halogens is 3. The molecule has 0 spiro atoms. The molecule has 0 saturated carbocycles. The summed E-state index contributed by atoms with van der Waals surface area (Å²) in [6.45, 7) is 0. The number of aromatic nitrogens is 1. The Morgan fingerprint density at radius 3 is 2.24 bits per heavy atom. The largest absolute Gasteiger partial charge is 0.416 e. The molecular formula is C16H13F3N2. The maximum absolute atomic E-state index is 12.6. The SMILES string of the molecule is Cn1c(-c2ccc(C(F)(F)F)cc2)cc2cc(N)ccc21. The van der Waals surface area contributed by atoms with Crippen molar-refractivity contribution in [3.8, 4) is 11.3 Å². The number of hydrogen-bond donors (Lipinski definition) is 1. The highest BCUT2D eigenvalue weighted by Crippen LogP contribution is 2.32. The van der Waals surface area contributed by atoms with Crippen LogP contribution in [0.15, 0.2) is 48.5 Å². The lowest BCUT2D eigenvalue weighted by Crippen LogP contribution is -2.04. The van der Waals surface area contributed by atoms with Gasteiger partial charge in [-0.25, -0.2) is 0 Å². The van der Waals surface area contributed by atoms with Gasteiger partial charge in [-0.15, -0.1) is 0 Å². The van der Waals surface area contributed by atoms with Crippen molar-refractivity contribution in [3.05, 3.63) is 54.1 Å². The van der Waals surface area contributed by atoms with Gasteiger partial charge in [0.05, 0.1) is 5.56 Å². The minimum absolute atomic E-state index is 0.644. The zero-order chi connectivity index (χ0) is 15.2. The Morgan fingerprint density at radius 1 is 0.952 bits per heavy atom. The van der Waals surface area contributed by atoms with Crippen molar-refractivity contribution in [2.24, 2.45) is 7.05 Å². The van der Waals surface area contributed by atoms with Crippen LogP contribution in [0, 0.1) is 0 Å². The second kappa shape index (κ2) is 4.55. The lowest BCUT2D eigenvalue weighted by atomic mass is 10.1. The number of nitrogen functional groups attached to an aromatic ring is 1.